The summed E-state index contributed by atoms with van der Waals surface area (Å²) in [6, 6.07) is -0.809. The zero-order valence-electron chi connectivity index (χ0n) is 10.6. The highest BCUT2D eigenvalue weighted by Crippen LogP contribution is 1.98. The minimum atomic E-state index is -0.986. The third kappa shape index (κ3) is 8.34. The maximum atomic E-state index is 10.7. The van der Waals surface area contributed by atoms with Gasteiger partial charge in [0.05, 0.1) is 0 Å². The number of nitrogens with one attached hydrogen (secondary N) is 2. The third-order valence-electron chi connectivity index (χ3n) is 2.11. The number of nitrogens with zero attached hydrogens (tertiary/aromatic N) is 1. The van der Waals surface area contributed by atoms with Gasteiger partial charge >= 0.3 is 12.1 Å². The molecule has 8 nitrogen and oxygen atoms in total. The van der Waals surface area contributed by atoms with Crippen LogP contribution in [-0.2, 0) is 9.63 Å². The van der Waals surface area contributed by atoms with E-state index in [1.807, 2.05) is 0 Å². The van der Waals surface area contributed by atoms with Crippen molar-refractivity contribution in [1.82, 2.24) is 10.6 Å². The first-order valence-electron chi connectivity index (χ1n) is 5.63. The first kappa shape index (κ1) is 16.2. The van der Waals surface area contributed by atoms with Crippen LogP contribution in [0.2, 0.25) is 0 Å². The first-order valence-corrected chi connectivity index (χ1v) is 5.63. The Morgan fingerprint density at radius 3 is 2.67 bits per heavy atom. The lowest BCUT2D eigenvalue weighted by Crippen LogP contribution is -2.30. The minimum absolute atomic E-state index is 0.432. The highest BCUT2D eigenvalue weighted by molar-refractivity contribution is 5.79. The maximum absolute atomic E-state index is 10.7. The molecule has 1 atom stereocenters. The lowest BCUT2D eigenvalue weighted by atomic mass is 10.1. The van der Waals surface area contributed by atoms with Gasteiger partial charge in [0.2, 0.25) is 0 Å². The van der Waals surface area contributed by atoms with Crippen molar-refractivity contribution >= 4 is 17.9 Å². The van der Waals surface area contributed by atoms with E-state index in [0.717, 1.165) is 6.42 Å². The summed E-state index contributed by atoms with van der Waals surface area (Å²) in [5, 5.41) is 17.3. The van der Waals surface area contributed by atoms with Gasteiger partial charge in [0, 0.05) is 13.6 Å². The summed E-state index contributed by atoms with van der Waals surface area (Å²) in [5.41, 5.74) is 5.35. The second-order valence-electron chi connectivity index (χ2n) is 3.67. The summed E-state index contributed by atoms with van der Waals surface area (Å²) in [5.74, 6) is -0.513. The molecule has 0 aliphatic carbocycles. The van der Waals surface area contributed by atoms with Crippen LogP contribution in [0.25, 0.3) is 0 Å². The molecule has 8 heteroatoms. The number of aliphatic carboxylic acids is 1. The standard InChI is InChI=1S/C10H20N4O4/c1-7(14-18-10(17)12-2)13-6-4-3-5-8(11)9(15)16/h8H,3-6,11H2,1-2H3,(H,12,17)(H,13,14)(H,15,16)/t8-/m0/s1. The van der Waals surface area contributed by atoms with Crippen molar-refractivity contribution in [3.8, 4) is 0 Å². The van der Waals surface area contributed by atoms with E-state index in [4.69, 9.17) is 10.8 Å². The SMILES string of the molecule is CNC(=O)O/N=C(/C)NCCCC[C@H](N)C(=O)O. The van der Waals surface area contributed by atoms with E-state index in [0.29, 0.717) is 25.2 Å². The average molecular weight is 260 g/mol. The molecule has 0 aromatic rings. The zero-order chi connectivity index (χ0) is 14.0. The summed E-state index contributed by atoms with van der Waals surface area (Å²) in [6.07, 6.45) is 1.25. The molecule has 0 rings (SSSR count). The van der Waals surface area contributed by atoms with Crippen molar-refractivity contribution in [2.75, 3.05) is 13.6 Å². The van der Waals surface area contributed by atoms with Gasteiger partial charge < -0.3 is 21.5 Å². The number of hydrogen-bond acceptors (Lipinski definition) is 5. The Morgan fingerprint density at radius 2 is 2.11 bits per heavy atom. The molecule has 0 aromatic carbocycles. The van der Waals surface area contributed by atoms with E-state index >= 15 is 0 Å². The van der Waals surface area contributed by atoms with Gasteiger partial charge in [-0.2, -0.15) is 0 Å². The number of unbranched alkanes of at least 4 members (excludes halogenated alkanes) is 1. The van der Waals surface area contributed by atoms with Crippen LogP contribution in [0.15, 0.2) is 5.16 Å². The second-order valence-corrected chi connectivity index (χ2v) is 3.67. The number of amidine groups is 1. The topological polar surface area (TPSA) is 126 Å². The fourth-order valence-corrected chi connectivity index (χ4v) is 1.07. The highest BCUT2D eigenvalue weighted by Gasteiger charge is 2.09. The summed E-state index contributed by atoms with van der Waals surface area (Å²) in [7, 11) is 1.44. The Morgan fingerprint density at radius 1 is 1.44 bits per heavy atom. The molecular formula is C10H20N4O4. The van der Waals surface area contributed by atoms with Crippen LogP contribution in [-0.4, -0.2) is 42.6 Å². The predicted octanol–water partition coefficient (Wildman–Crippen LogP) is -0.152. The Labute approximate surface area is 106 Å². The zero-order valence-corrected chi connectivity index (χ0v) is 10.6. The van der Waals surface area contributed by atoms with Crippen molar-refractivity contribution < 1.29 is 19.5 Å². The Bertz CT molecular complexity index is 306. The molecule has 0 spiro atoms. The summed E-state index contributed by atoms with van der Waals surface area (Å²) in [6.45, 7) is 2.27. The van der Waals surface area contributed by atoms with Crippen LogP contribution < -0.4 is 16.4 Å². The van der Waals surface area contributed by atoms with E-state index in [2.05, 4.69) is 20.6 Å². The minimum Gasteiger partial charge on any atom is -0.480 e. The number of carboxylic acids is 1. The largest absolute Gasteiger partial charge is 0.480 e. The van der Waals surface area contributed by atoms with Gasteiger partial charge in [0.15, 0.2) is 0 Å². The number of carbonyl (C=O) groups excluding carboxylic acids is 1. The predicted molar refractivity (Wildman–Crippen MR) is 66.1 cm³/mol. The number of carboxylic acid groups (broad SMARTS) is 1. The summed E-state index contributed by atoms with van der Waals surface area (Å²) >= 11 is 0. The molecule has 104 valence electrons. The maximum Gasteiger partial charge on any atom is 0.433 e. The van der Waals surface area contributed by atoms with E-state index in [1.165, 1.54) is 7.05 Å². The van der Waals surface area contributed by atoms with Gasteiger partial charge in [-0.05, 0) is 26.2 Å². The number of hydrogen-bond donors (Lipinski definition) is 4. The van der Waals surface area contributed by atoms with Crippen LogP contribution in [0.1, 0.15) is 26.2 Å². The summed E-state index contributed by atoms with van der Waals surface area (Å²) in [4.78, 5) is 25.6. The molecular weight excluding hydrogens is 240 g/mol. The van der Waals surface area contributed by atoms with Crippen LogP contribution >= 0.6 is 0 Å². The molecule has 0 aliphatic heterocycles. The number of nitrogens with two attached hydrogens (primary N) is 1. The van der Waals surface area contributed by atoms with Crippen molar-refractivity contribution in [2.24, 2.45) is 10.9 Å². The van der Waals surface area contributed by atoms with Crippen molar-refractivity contribution in [1.29, 1.82) is 0 Å². The Kier molecular flexibility index (Phi) is 8.29. The Balaban J connectivity index is 3.60. The highest BCUT2D eigenvalue weighted by atomic mass is 16.7. The van der Waals surface area contributed by atoms with Gasteiger partial charge in [-0.3, -0.25) is 9.63 Å². The van der Waals surface area contributed by atoms with E-state index in [1.54, 1.807) is 6.92 Å². The number of carbonyl (C=O) groups is 2. The molecule has 1 amide bonds. The fourth-order valence-electron chi connectivity index (χ4n) is 1.07. The van der Waals surface area contributed by atoms with Crippen molar-refractivity contribution in [3.05, 3.63) is 0 Å². The van der Waals surface area contributed by atoms with E-state index < -0.39 is 18.1 Å². The summed E-state index contributed by atoms with van der Waals surface area (Å²) < 4.78 is 0. The first-order chi connectivity index (χ1) is 8.47. The monoisotopic (exact) mass is 260 g/mol. The molecule has 5 N–H and O–H groups in total. The molecule has 0 saturated heterocycles. The van der Waals surface area contributed by atoms with Crippen molar-refractivity contribution in [3.63, 3.8) is 0 Å². The van der Waals surface area contributed by atoms with Crippen molar-refractivity contribution in [2.45, 2.75) is 32.2 Å². The number of oxime groups is 1. The van der Waals surface area contributed by atoms with Gasteiger partial charge in [0.1, 0.15) is 11.9 Å². The normalized spacial score (nSPS) is 12.7. The molecule has 0 aromatic heterocycles. The van der Waals surface area contributed by atoms with Crippen LogP contribution in [0.4, 0.5) is 4.79 Å². The lowest BCUT2D eigenvalue weighted by molar-refractivity contribution is -0.138. The molecule has 0 unspecified atom stereocenters. The van der Waals surface area contributed by atoms with Gasteiger partial charge in [-0.25, -0.2) is 4.79 Å². The van der Waals surface area contributed by atoms with Crippen LogP contribution in [0, 0.1) is 0 Å². The molecule has 18 heavy (non-hydrogen) atoms. The molecule has 0 fully saturated rings. The average Bonchev–Trinajstić information content (AvgIpc) is 2.34. The smallest absolute Gasteiger partial charge is 0.433 e. The van der Waals surface area contributed by atoms with E-state index in [-0.39, 0.29) is 0 Å². The van der Waals surface area contributed by atoms with Gasteiger partial charge in [-0.15, -0.1) is 0 Å². The molecule has 0 heterocycles. The van der Waals surface area contributed by atoms with Gasteiger partial charge in [-0.1, -0.05) is 5.16 Å². The number of amides is 1. The molecule has 0 radical (unpaired) electrons. The third-order valence-corrected chi connectivity index (χ3v) is 2.11. The van der Waals surface area contributed by atoms with Crippen LogP contribution in [0.5, 0.6) is 0 Å². The number of rotatable bonds is 7. The molecule has 0 bridgehead atoms. The quantitative estimate of drug-likeness (QED) is 0.166. The van der Waals surface area contributed by atoms with E-state index in [9.17, 15) is 9.59 Å². The molecule has 0 aliphatic rings. The Hall–Kier alpha value is -1.83. The van der Waals surface area contributed by atoms with Crippen LogP contribution in [0.3, 0.4) is 0 Å². The molecule has 0 saturated carbocycles. The lowest BCUT2D eigenvalue weighted by Gasteiger charge is -2.07. The second kappa shape index (κ2) is 9.23. The fraction of sp³-hybridized carbons (Fsp3) is 0.700. The van der Waals surface area contributed by atoms with Gasteiger partial charge in [0.25, 0.3) is 0 Å².